The fraction of sp³-hybridized carbons (Fsp3) is 0.0500. The van der Waals surface area contributed by atoms with E-state index in [0.29, 0.717) is 0 Å². The van der Waals surface area contributed by atoms with E-state index in [-0.39, 0.29) is 0 Å². The van der Waals surface area contributed by atoms with Gasteiger partial charge in [-0.2, -0.15) is 0 Å². The highest BCUT2D eigenvalue weighted by atomic mass is 15.0. The van der Waals surface area contributed by atoms with Gasteiger partial charge in [-0.25, -0.2) is 0 Å². The number of aromatic nitrogens is 2. The van der Waals surface area contributed by atoms with Gasteiger partial charge >= 0.3 is 0 Å². The molecule has 0 radical (unpaired) electrons. The molecule has 0 unspecified atom stereocenters. The lowest BCUT2D eigenvalue weighted by atomic mass is 9.97. The Labute approximate surface area is 244 Å². The Morgan fingerprint density at radius 1 is 0.476 bits per heavy atom. The van der Waals surface area contributed by atoms with Gasteiger partial charge in [-0.1, -0.05) is 97.1 Å². The van der Waals surface area contributed by atoms with E-state index < -0.39 is 0 Å². The molecule has 0 amide bonds. The monoisotopic (exact) mass is 536 g/mol. The number of aryl methyl sites for hydroxylation is 1. The van der Waals surface area contributed by atoms with E-state index in [1.165, 1.54) is 77.2 Å². The second-order valence-corrected chi connectivity index (χ2v) is 11.3. The van der Waals surface area contributed by atoms with Crippen molar-refractivity contribution < 1.29 is 0 Å². The minimum Gasteiger partial charge on any atom is -0.309 e. The van der Waals surface area contributed by atoms with Crippen LogP contribution in [-0.4, -0.2) is 9.13 Å². The predicted molar refractivity (Wildman–Crippen MR) is 178 cm³/mol. The predicted octanol–water partition coefficient (Wildman–Crippen LogP) is 10.5. The van der Waals surface area contributed by atoms with Crippen molar-refractivity contribution in [2.75, 3.05) is 0 Å². The van der Waals surface area contributed by atoms with Crippen LogP contribution >= 0.6 is 0 Å². The van der Waals surface area contributed by atoms with E-state index in [1.807, 2.05) is 0 Å². The van der Waals surface area contributed by atoms with E-state index in [2.05, 4.69) is 155 Å². The maximum atomic E-state index is 2.44. The van der Waals surface area contributed by atoms with Gasteiger partial charge in [-0.15, -0.1) is 0 Å². The highest BCUT2D eigenvalue weighted by Crippen LogP contribution is 2.40. The summed E-state index contributed by atoms with van der Waals surface area (Å²) in [5.74, 6) is 0. The molecule has 8 aromatic rings. The van der Waals surface area contributed by atoms with Gasteiger partial charge in [0.05, 0.1) is 22.1 Å². The molecule has 0 bridgehead atoms. The van der Waals surface area contributed by atoms with Gasteiger partial charge in [-0.3, -0.25) is 0 Å². The third-order valence-corrected chi connectivity index (χ3v) is 8.96. The van der Waals surface area contributed by atoms with Crippen molar-refractivity contribution in [1.29, 1.82) is 0 Å². The van der Waals surface area contributed by atoms with Crippen molar-refractivity contribution >= 4 is 49.7 Å². The quantitative estimate of drug-likeness (QED) is 0.213. The van der Waals surface area contributed by atoms with Crippen LogP contribution in [0.2, 0.25) is 0 Å². The number of hydrogen-bond donors (Lipinski definition) is 0. The van der Waals surface area contributed by atoms with Gasteiger partial charge in [0.1, 0.15) is 0 Å². The smallest absolute Gasteiger partial charge is 0.0619 e. The third-order valence-electron chi connectivity index (χ3n) is 8.96. The van der Waals surface area contributed by atoms with Gasteiger partial charge < -0.3 is 9.13 Å². The summed E-state index contributed by atoms with van der Waals surface area (Å²) in [5, 5.41) is 5.11. The molecule has 0 N–H and O–H groups in total. The SMILES string of the molecule is C1=Cc2ccc(-n3c4ccccc4c4cc(-c5cccc6c7ccccc7n(-c7ccccc7)c56)ccc43)cc2CC1. The Bertz CT molecular complexity index is 2350. The fourth-order valence-corrected chi connectivity index (χ4v) is 7.07. The summed E-state index contributed by atoms with van der Waals surface area (Å²) in [4.78, 5) is 0. The summed E-state index contributed by atoms with van der Waals surface area (Å²) in [6, 6.07) is 49.0. The van der Waals surface area contributed by atoms with E-state index >= 15 is 0 Å². The number of rotatable bonds is 3. The number of allylic oxidation sites excluding steroid dienone is 1. The highest BCUT2D eigenvalue weighted by molar-refractivity contribution is 6.15. The second-order valence-electron chi connectivity index (χ2n) is 11.3. The molecule has 0 aliphatic heterocycles. The topological polar surface area (TPSA) is 9.86 Å². The van der Waals surface area contributed by atoms with E-state index in [4.69, 9.17) is 0 Å². The Morgan fingerprint density at radius 3 is 2.05 bits per heavy atom. The maximum Gasteiger partial charge on any atom is 0.0619 e. The van der Waals surface area contributed by atoms with Crippen LogP contribution in [0.4, 0.5) is 0 Å². The zero-order valence-electron chi connectivity index (χ0n) is 23.2. The summed E-state index contributed by atoms with van der Waals surface area (Å²) >= 11 is 0. The van der Waals surface area contributed by atoms with Gasteiger partial charge in [0, 0.05) is 38.5 Å². The van der Waals surface area contributed by atoms with Crippen LogP contribution < -0.4 is 0 Å². The van der Waals surface area contributed by atoms with Crippen molar-refractivity contribution in [2.24, 2.45) is 0 Å². The molecule has 42 heavy (non-hydrogen) atoms. The second kappa shape index (κ2) is 9.09. The first-order chi connectivity index (χ1) is 20.8. The molecule has 0 saturated carbocycles. The summed E-state index contributed by atoms with van der Waals surface area (Å²) in [6.45, 7) is 0. The van der Waals surface area contributed by atoms with Gasteiger partial charge in [0.25, 0.3) is 0 Å². The molecule has 0 atom stereocenters. The minimum atomic E-state index is 1.10. The normalized spacial score (nSPS) is 13.0. The Morgan fingerprint density at radius 2 is 1.19 bits per heavy atom. The molecule has 1 aliphatic rings. The zero-order valence-corrected chi connectivity index (χ0v) is 23.2. The van der Waals surface area contributed by atoms with Crippen molar-refractivity contribution in [3.05, 3.63) is 151 Å². The molecule has 2 nitrogen and oxygen atoms in total. The number of hydrogen-bond acceptors (Lipinski definition) is 0. The lowest BCUT2D eigenvalue weighted by molar-refractivity contribution is 0.979. The van der Waals surface area contributed by atoms with E-state index in [1.54, 1.807) is 0 Å². The molecule has 6 aromatic carbocycles. The summed E-state index contributed by atoms with van der Waals surface area (Å²) < 4.78 is 4.86. The number of nitrogens with zero attached hydrogens (tertiary/aromatic N) is 2. The lowest BCUT2D eigenvalue weighted by Crippen LogP contribution is -1.99. The number of fused-ring (bicyclic) bond motifs is 7. The zero-order chi connectivity index (χ0) is 27.6. The maximum absolute atomic E-state index is 2.44. The molecule has 1 aliphatic carbocycles. The van der Waals surface area contributed by atoms with Gasteiger partial charge in [-0.05, 0) is 78.1 Å². The van der Waals surface area contributed by atoms with E-state index in [9.17, 15) is 0 Å². The third kappa shape index (κ3) is 3.39. The van der Waals surface area contributed by atoms with Crippen molar-refractivity contribution in [1.82, 2.24) is 9.13 Å². The molecule has 2 heterocycles. The number of benzene rings is 6. The Hall–Kier alpha value is -5.34. The average Bonchev–Trinajstić information content (AvgIpc) is 3.58. The van der Waals surface area contributed by atoms with Crippen LogP contribution in [0.1, 0.15) is 17.5 Å². The Kier molecular flexibility index (Phi) is 5.06. The van der Waals surface area contributed by atoms with Crippen molar-refractivity contribution in [2.45, 2.75) is 12.8 Å². The van der Waals surface area contributed by atoms with Gasteiger partial charge in [0.2, 0.25) is 0 Å². The van der Waals surface area contributed by atoms with E-state index in [0.717, 1.165) is 12.8 Å². The van der Waals surface area contributed by atoms with Crippen LogP contribution in [0.15, 0.2) is 140 Å². The molecule has 0 spiro atoms. The largest absolute Gasteiger partial charge is 0.309 e. The van der Waals surface area contributed by atoms with Crippen LogP contribution in [0, 0.1) is 0 Å². The standard InChI is InChI=1S/C40H28N2/c1-2-13-30(14-3-1)42-38-20-9-6-15-33(38)35-18-10-17-32(40(35)42)29-22-24-39-36(26-29)34-16-7-8-19-37(34)41(39)31-23-21-27-11-4-5-12-28(27)25-31/h1-4,6-11,13-26H,5,12H2. The molecule has 2 aromatic heterocycles. The van der Waals surface area contributed by atoms with Crippen molar-refractivity contribution in [3.63, 3.8) is 0 Å². The first-order valence-corrected chi connectivity index (χ1v) is 14.8. The van der Waals surface area contributed by atoms with Crippen LogP contribution in [-0.2, 0) is 6.42 Å². The summed E-state index contributed by atoms with van der Waals surface area (Å²) in [7, 11) is 0. The minimum absolute atomic E-state index is 1.10. The van der Waals surface area contributed by atoms with Crippen molar-refractivity contribution in [3.8, 4) is 22.5 Å². The lowest BCUT2D eigenvalue weighted by Gasteiger charge is -2.15. The van der Waals surface area contributed by atoms with Crippen LogP contribution in [0.25, 0.3) is 72.2 Å². The summed E-state index contributed by atoms with van der Waals surface area (Å²) in [6.07, 6.45) is 6.75. The molecule has 198 valence electrons. The molecule has 0 saturated heterocycles. The molecular formula is C40H28N2. The Balaban J connectivity index is 1.32. The number of para-hydroxylation sites is 4. The molecule has 0 fully saturated rings. The van der Waals surface area contributed by atoms with Crippen LogP contribution in [0.3, 0.4) is 0 Å². The molecule has 9 rings (SSSR count). The first kappa shape index (κ1) is 23.4. The molecular weight excluding hydrogens is 508 g/mol. The fourth-order valence-electron chi connectivity index (χ4n) is 7.07. The highest BCUT2D eigenvalue weighted by Gasteiger charge is 2.18. The average molecular weight is 537 g/mol. The van der Waals surface area contributed by atoms with Crippen LogP contribution in [0.5, 0.6) is 0 Å². The summed E-state index contributed by atoms with van der Waals surface area (Å²) in [5.41, 5.74) is 12.6. The first-order valence-electron chi connectivity index (χ1n) is 14.8. The molecule has 2 heteroatoms. The van der Waals surface area contributed by atoms with Gasteiger partial charge in [0.15, 0.2) is 0 Å².